The van der Waals surface area contributed by atoms with E-state index in [9.17, 15) is 10.1 Å². The number of anilines is 3. The molecule has 0 saturated carbocycles. The zero-order valence-corrected chi connectivity index (χ0v) is 17.6. The minimum Gasteiger partial charge on any atom is -0.360 e. The summed E-state index contributed by atoms with van der Waals surface area (Å²) in [6.07, 6.45) is 1.34. The van der Waals surface area contributed by atoms with Crippen LogP contribution in [0, 0.1) is 10.1 Å². The summed E-state index contributed by atoms with van der Waals surface area (Å²) in [5.74, 6) is 0.383. The van der Waals surface area contributed by atoms with E-state index in [1.165, 1.54) is 6.33 Å². The molecule has 0 radical (unpaired) electrons. The second kappa shape index (κ2) is 8.97. The smallest absolute Gasteiger partial charge is 0.353 e. The van der Waals surface area contributed by atoms with Crippen molar-refractivity contribution in [3.63, 3.8) is 0 Å². The van der Waals surface area contributed by atoms with Crippen LogP contribution in [0.25, 0.3) is 10.8 Å². The minimum absolute atomic E-state index is 0.147. The maximum Gasteiger partial charge on any atom is 0.353 e. The highest BCUT2D eigenvalue weighted by molar-refractivity contribution is 6.31. The molecular weight excluding hydrogens is 414 g/mol. The highest BCUT2D eigenvalue weighted by Crippen LogP contribution is 2.38. The van der Waals surface area contributed by atoms with Gasteiger partial charge in [-0.1, -0.05) is 66.2 Å². The third-order valence-electron chi connectivity index (χ3n) is 5.02. The van der Waals surface area contributed by atoms with Crippen molar-refractivity contribution in [2.24, 2.45) is 0 Å². The van der Waals surface area contributed by atoms with E-state index in [1.807, 2.05) is 72.5 Å². The van der Waals surface area contributed by atoms with Crippen LogP contribution in [0.1, 0.15) is 12.5 Å². The summed E-state index contributed by atoms with van der Waals surface area (Å²) in [6.45, 7) is 2.73. The predicted molar refractivity (Wildman–Crippen MR) is 124 cm³/mol. The maximum absolute atomic E-state index is 12.1. The van der Waals surface area contributed by atoms with Crippen LogP contribution in [0.5, 0.6) is 0 Å². The fraction of sp³-hybridized carbons (Fsp3) is 0.130. The fourth-order valence-electron chi connectivity index (χ4n) is 3.56. The summed E-state index contributed by atoms with van der Waals surface area (Å²) in [7, 11) is 0. The SMILES string of the molecule is CCN(c1ncnc(NCc2ccccc2Cl)c1[N+](=O)[O-])c1cccc2ccccc12. The lowest BCUT2D eigenvalue weighted by Crippen LogP contribution is -2.20. The number of nitro groups is 1. The number of nitrogens with zero attached hydrogens (tertiary/aromatic N) is 4. The van der Waals surface area contributed by atoms with Gasteiger partial charge in [-0.05, 0) is 30.0 Å². The van der Waals surface area contributed by atoms with Crippen LogP contribution in [0.3, 0.4) is 0 Å². The number of nitrogens with one attached hydrogen (secondary N) is 1. The molecule has 156 valence electrons. The molecule has 0 aliphatic carbocycles. The van der Waals surface area contributed by atoms with Crippen molar-refractivity contribution < 1.29 is 4.92 Å². The summed E-state index contributed by atoms with van der Waals surface area (Å²) < 4.78 is 0. The lowest BCUT2D eigenvalue weighted by Gasteiger charge is -2.24. The molecule has 0 spiro atoms. The molecule has 3 aromatic carbocycles. The Hall–Kier alpha value is -3.71. The molecule has 4 aromatic rings. The van der Waals surface area contributed by atoms with Gasteiger partial charge in [0.05, 0.1) is 10.6 Å². The van der Waals surface area contributed by atoms with E-state index in [0.717, 1.165) is 22.0 Å². The Morgan fingerprint density at radius 1 is 1.03 bits per heavy atom. The van der Waals surface area contributed by atoms with Gasteiger partial charge in [0.15, 0.2) is 0 Å². The Bertz CT molecular complexity index is 1240. The first-order valence-electron chi connectivity index (χ1n) is 9.82. The van der Waals surface area contributed by atoms with Gasteiger partial charge in [0.25, 0.3) is 0 Å². The van der Waals surface area contributed by atoms with Crippen molar-refractivity contribution in [2.75, 3.05) is 16.8 Å². The average molecular weight is 434 g/mol. The fourth-order valence-corrected chi connectivity index (χ4v) is 3.77. The normalized spacial score (nSPS) is 10.8. The zero-order valence-electron chi connectivity index (χ0n) is 16.8. The largest absolute Gasteiger partial charge is 0.360 e. The molecular formula is C23H20ClN5O2. The van der Waals surface area contributed by atoms with Gasteiger partial charge in [-0.3, -0.25) is 10.1 Å². The van der Waals surface area contributed by atoms with Crippen LogP contribution < -0.4 is 10.2 Å². The van der Waals surface area contributed by atoms with Gasteiger partial charge in [-0.2, -0.15) is 0 Å². The Morgan fingerprint density at radius 3 is 2.55 bits per heavy atom. The average Bonchev–Trinajstić information content (AvgIpc) is 2.79. The second-order valence-electron chi connectivity index (χ2n) is 6.84. The van der Waals surface area contributed by atoms with Crippen molar-refractivity contribution in [3.8, 4) is 0 Å². The molecule has 1 aromatic heterocycles. The molecule has 0 bridgehead atoms. The zero-order chi connectivity index (χ0) is 21.8. The quantitative estimate of drug-likeness (QED) is 0.286. The molecule has 8 heteroatoms. The minimum atomic E-state index is -0.446. The van der Waals surface area contributed by atoms with E-state index in [2.05, 4.69) is 15.3 Å². The Kier molecular flexibility index (Phi) is 5.95. The van der Waals surface area contributed by atoms with Gasteiger partial charge in [0.1, 0.15) is 6.33 Å². The molecule has 1 heterocycles. The summed E-state index contributed by atoms with van der Waals surface area (Å²) in [5, 5.41) is 17.7. The summed E-state index contributed by atoms with van der Waals surface area (Å²) in [5.41, 5.74) is 1.49. The van der Waals surface area contributed by atoms with Crippen molar-refractivity contribution in [2.45, 2.75) is 13.5 Å². The molecule has 4 rings (SSSR count). The van der Waals surface area contributed by atoms with Gasteiger partial charge >= 0.3 is 5.69 Å². The van der Waals surface area contributed by atoms with Gasteiger partial charge in [0.2, 0.25) is 11.6 Å². The van der Waals surface area contributed by atoms with E-state index in [1.54, 1.807) is 6.07 Å². The third-order valence-corrected chi connectivity index (χ3v) is 5.39. The molecule has 0 fully saturated rings. The Labute approximate surface area is 184 Å². The number of benzene rings is 3. The summed E-state index contributed by atoms with van der Waals surface area (Å²) in [4.78, 5) is 21.9. The first kappa shape index (κ1) is 20.6. The molecule has 0 aliphatic heterocycles. The van der Waals surface area contributed by atoms with Gasteiger partial charge in [0, 0.05) is 23.5 Å². The third kappa shape index (κ3) is 4.13. The molecule has 7 nitrogen and oxygen atoms in total. The van der Waals surface area contributed by atoms with Crippen LogP contribution in [0.4, 0.5) is 23.0 Å². The molecule has 0 aliphatic rings. The van der Waals surface area contributed by atoms with Crippen molar-refractivity contribution in [1.29, 1.82) is 0 Å². The standard InChI is InChI=1S/C23H20ClN5O2/c1-2-28(20-13-7-10-16-8-3-5-11-18(16)20)23-21(29(30)31)22(26-15-27-23)25-14-17-9-4-6-12-19(17)24/h3-13,15H,2,14H2,1H3,(H,25,26,27). The first-order valence-corrected chi connectivity index (χ1v) is 10.2. The molecule has 1 N–H and O–H groups in total. The van der Waals surface area contributed by atoms with Gasteiger partial charge in [-0.25, -0.2) is 9.97 Å². The van der Waals surface area contributed by atoms with Crippen molar-refractivity contribution in [3.05, 3.63) is 93.8 Å². The van der Waals surface area contributed by atoms with Gasteiger partial charge < -0.3 is 10.2 Å². The lowest BCUT2D eigenvalue weighted by atomic mass is 10.1. The highest BCUT2D eigenvalue weighted by atomic mass is 35.5. The summed E-state index contributed by atoms with van der Waals surface area (Å²) >= 11 is 6.22. The van der Waals surface area contributed by atoms with E-state index < -0.39 is 4.92 Å². The van der Waals surface area contributed by atoms with Crippen molar-refractivity contribution >= 4 is 45.4 Å². The molecule has 0 unspecified atom stereocenters. The topological polar surface area (TPSA) is 84.2 Å². The number of aromatic nitrogens is 2. The van der Waals surface area contributed by atoms with Crippen LogP contribution in [-0.4, -0.2) is 21.4 Å². The van der Waals surface area contributed by atoms with Crippen molar-refractivity contribution in [1.82, 2.24) is 9.97 Å². The van der Waals surface area contributed by atoms with Gasteiger partial charge in [-0.15, -0.1) is 0 Å². The number of rotatable bonds is 7. The highest BCUT2D eigenvalue weighted by Gasteiger charge is 2.28. The van der Waals surface area contributed by atoms with Crippen LogP contribution >= 0.6 is 11.6 Å². The maximum atomic E-state index is 12.1. The van der Waals surface area contributed by atoms with E-state index in [4.69, 9.17) is 11.6 Å². The van der Waals surface area contributed by atoms with E-state index >= 15 is 0 Å². The number of fused-ring (bicyclic) bond motifs is 1. The molecule has 0 saturated heterocycles. The molecule has 0 amide bonds. The number of hydrogen-bond acceptors (Lipinski definition) is 6. The van der Waals surface area contributed by atoms with Crippen LogP contribution in [0.15, 0.2) is 73.1 Å². The first-order chi connectivity index (χ1) is 15.1. The number of hydrogen-bond donors (Lipinski definition) is 1. The summed E-state index contributed by atoms with van der Waals surface area (Å²) in [6, 6.07) is 21.1. The number of halogens is 1. The Morgan fingerprint density at radius 2 is 1.77 bits per heavy atom. The van der Waals surface area contributed by atoms with Crippen LogP contribution in [-0.2, 0) is 6.54 Å². The predicted octanol–water partition coefficient (Wildman–Crippen LogP) is 5.96. The van der Waals surface area contributed by atoms with E-state index in [-0.39, 0.29) is 17.3 Å². The van der Waals surface area contributed by atoms with Crippen LogP contribution in [0.2, 0.25) is 5.02 Å². The monoisotopic (exact) mass is 433 g/mol. The Balaban J connectivity index is 1.77. The lowest BCUT2D eigenvalue weighted by molar-refractivity contribution is -0.383. The second-order valence-corrected chi connectivity index (χ2v) is 7.25. The molecule has 0 atom stereocenters. The molecule has 31 heavy (non-hydrogen) atoms. The van der Waals surface area contributed by atoms with E-state index in [0.29, 0.717) is 18.1 Å².